The van der Waals surface area contributed by atoms with Crippen LogP contribution in [0.25, 0.3) is 0 Å². The molecule has 0 unspecified atom stereocenters. The molecule has 0 bridgehead atoms. The topological polar surface area (TPSA) is 34.4 Å². The zero-order valence-electron chi connectivity index (χ0n) is 11.3. The number of ether oxygens (including phenoxy) is 1. The second kappa shape index (κ2) is 6.29. The summed E-state index contributed by atoms with van der Waals surface area (Å²) in [5, 5.41) is 3.35. The molecule has 0 saturated carbocycles. The fourth-order valence-corrected chi connectivity index (χ4v) is 1.44. The summed E-state index contributed by atoms with van der Waals surface area (Å²) in [6, 6.07) is 1.85. The van der Waals surface area contributed by atoms with Crippen molar-refractivity contribution in [1.29, 1.82) is 0 Å². The summed E-state index contributed by atoms with van der Waals surface area (Å²) in [6.07, 6.45) is -2.44. The quantitative estimate of drug-likeness (QED) is 0.853. The minimum absolute atomic E-state index is 0.0239. The Kier molecular flexibility index (Phi) is 5.28. The van der Waals surface area contributed by atoms with Gasteiger partial charge in [-0.25, -0.2) is 8.78 Å². The minimum Gasteiger partial charge on any atom is -0.464 e. The molecule has 1 rings (SSSR count). The maximum Gasteiger partial charge on any atom is 0.261 e. The third kappa shape index (κ3) is 5.60. The lowest BCUT2D eigenvalue weighted by atomic mass is 10.1. The maximum atomic E-state index is 11.9. The van der Waals surface area contributed by atoms with Crippen molar-refractivity contribution < 1.29 is 17.9 Å². The molecule has 1 heterocycles. The Bertz CT molecular complexity index is 370. The van der Waals surface area contributed by atoms with Crippen molar-refractivity contribution in [3.63, 3.8) is 0 Å². The first-order valence-electron chi connectivity index (χ1n) is 5.97. The molecule has 1 aromatic heterocycles. The van der Waals surface area contributed by atoms with Gasteiger partial charge in [0.1, 0.15) is 24.7 Å². The van der Waals surface area contributed by atoms with E-state index in [0.29, 0.717) is 12.3 Å². The average Bonchev–Trinajstić information content (AvgIpc) is 2.54. The van der Waals surface area contributed by atoms with Gasteiger partial charge in [-0.3, -0.25) is 0 Å². The van der Waals surface area contributed by atoms with Crippen LogP contribution < -0.4 is 5.32 Å². The zero-order chi connectivity index (χ0) is 13.8. The molecule has 3 nitrogen and oxygen atoms in total. The van der Waals surface area contributed by atoms with E-state index in [2.05, 4.69) is 26.1 Å². The van der Waals surface area contributed by atoms with Gasteiger partial charge in [0.25, 0.3) is 6.43 Å². The molecule has 0 aliphatic heterocycles. The molecule has 18 heavy (non-hydrogen) atoms. The van der Waals surface area contributed by atoms with E-state index in [9.17, 15) is 8.78 Å². The third-order valence-corrected chi connectivity index (χ3v) is 2.37. The van der Waals surface area contributed by atoms with E-state index in [-0.39, 0.29) is 12.1 Å². The van der Waals surface area contributed by atoms with Gasteiger partial charge in [-0.05, 0) is 33.8 Å². The van der Waals surface area contributed by atoms with Crippen LogP contribution in [0.3, 0.4) is 0 Å². The highest BCUT2D eigenvalue weighted by molar-refractivity contribution is 5.20. The van der Waals surface area contributed by atoms with E-state index in [1.54, 1.807) is 0 Å². The Hall–Kier alpha value is -0.940. The lowest BCUT2D eigenvalue weighted by Crippen LogP contribution is -2.35. The normalized spacial score (nSPS) is 12.4. The van der Waals surface area contributed by atoms with E-state index in [0.717, 1.165) is 11.3 Å². The van der Waals surface area contributed by atoms with E-state index < -0.39 is 13.0 Å². The number of rotatable bonds is 6. The highest BCUT2D eigenvalue weighted by Gasteiger charge is 2.13. The van der Waals surface area contributed by atoms with Gasteiger partial charge in [-0.15, -0.1) is 0 Å². The van der Waals surface area contributed by atoms with Crippen molar-refractivity contribution in [2.75, 3.05) is 6.61 Å². The fraction of sp³-hybridized carbons (Fsp3) is 0.692. The largest absolute Gasteiger partial charge is 0.464 e. The predicted molar refractivity (Wildman–Crippen MR) is 65.7 cm³/mol. The van der Waals surface area contributed by atoms with E-state index in [4.69, 9.17) is 9.15 Å². The van der Waals surface area contributed by atoms with Crippen LogP contribution in [0.1, 0.15) is 37.9 Å². The van der Waals surface area contributed by atoms with Gasteiger partial charge >= 0.3 is 0 Å². The lowest BCUT2D eigenvalue weighted by Gasteiger charge is -2.20. The Labute approximate surface area is 107 Å². The van der Waals surface area contributed by atoms with E-state index in [1.165, 1.54) is 0 Å². The molecule has 1 aromatic rings. The molecule has 0 aromatic carbocycles. The van der Waals surface area contributed by atoms with Crippen molar-refractivity contribution in [2.45, 2.75) is 52.8 Å². The fourth-order valence-electron chi connectivity index (χ4n) is 1.44. The van der Waals surface area contributed by atoms with Gasteiger partial charge in [-0.1, -0.05) is 0 Å². The number of nitrogens with one attached hydrogen (secondary N) is 1. The molecular formula is C13H21F2NO2. The van der Waals surface area contributed by atoms with Crippen molar-refractivity contribution in [2.24, 2.45) is 0 Å². The van der Waals surface area contributed by atoms with Gasteiger partial charge in [-0.2, -0.15) is 0 Å². The predicted octanol–water partition coefficient (Wildman–Crippen LogP) is 3.26. The standard InChI is InChI=1S/C13H21F2NO2/c1-9-10(6-16-13(2,3)4)5-11(18-9)7-17-8-12(14)15/h5,12,16H,6-8H2,1-4H3. The maximum absolute atomic E-state index is 11.9. The first kappa shape index (κ1) is 15.1. The smallest absolute Gasteiger partial charge is 0.261 e. The zero-order valence-corrected chi connectivity index (χ0v) is 11.3. The molecule has 0 radical (unpaired) electrons. The summed E-state index contributed by atoms with van der Waals surface area (Å²) in [5.41, 5.74) is 1.05. The number of hydrogen-bond donors (Lipinski definition) is 1. The van der Waals surface area contributed by atoms with Crippen LogP contribution in [-0.2, 0) is 17.9 Å². The van der Waals surface area contributed by atoms with Crippen LogP contribution in [-0.4, -0.2) is 18.6 Å². The molecular weight excluding hydrogens is 240 g/mol. The van der Waals surface area contributed by atoms with Crippen molar-refractivity contribution >= 4 is 0 Å². The van der Waals surface area contributed by atoms with Crippen molar-refractivity contribution in [3.8, 4) is 0 Å². The number of alkyl halides is 2. The van der Waals surface area contributed by atoms with Crippen LogP contribution in [0.15, 0.2) is 10.5 Å². The van der Waals surface area contributed by atoms with Gasteiger partial charge in [0.15, 0.2) is 0 Å². The molecule has 0 fully saturated rings. The Morgan fingerprint density at radius 2 is 2.06 bits per heavy atom. The number of hydrogen-bond acceptors (Lipinski definition) is 3. The van der Waals surface area contributed by atoms with Gasteiger partial charge in [0, 0.05) is 17.6 Å². The van der Waals surface area contributed by atoms with Crippen molar-refractivity contribution in [3.05, 3.63) is 23.2 Å². The average molecular weight is 261 g/mol. The van der Waals surface area contributed by atoms with Crippen LogP contribution >= 0.6 is 0 Å². The van der Waals surface area contributed by atoms with Crippen LogP contribution in [0.2, 0.25) is 0 Å². The molecule has 0 aliphatic carbocycles. The number of halogens is 2. The summed E-state index contributed by atoms with van der Waals surface area (Å²) in [5.74, 6) is 1.38. The first-order valence-corrected chi connectivity index (χ1v) is 5.97. The number of furan rings is 1. The monoisotopic (exact) mass is 261 g/mol. The van der Waals surface area contributed by atoms with Gasteiger partial charge in [0.2, 0.25) is 0 Å². The lowest BCUT2D eigenvalue weighted by molar-refractivity contribution is 0.00437. The highest BCUT2D eigenvalue weighted by Crippen LogP contribution is 2.16. The molecule has 5 heteroatoms. The Morgan fingerprint density at radius 1 is 1.39 bits per heavy atom. The van der Waals surface area contributed by atoms with Crippen LogP contribution in [0.5, 0.6) is 0 Å². The summed E-state index contributed by atoms with van der Waals surface area (Å²) in [6.45, 7) is 8.30. The Balaban J connectivity index is 2.48. The SMILES string of the molecule is Cc1oc(COCC(F)F)cc1CNC(C)(C)C. The third-order valence-electron chi connectivity index (χ3n) is 2.37. The summed E-state index contributed by atoms with van der Waals surface area (Å²) in [7, 11) is 0. The molecule has 0 saturated heterocycles. The molecule has 0 amide bonds. The molecule has 0 atom stereocenters. The van der Waals surface area contributed by atoms with E-state index in [1.807, 2.05) is 13.0 Å². The van der Waals surface area contributed by atoms with Gasteiger partial charge < -0.3 is 14.5 Å². The molecule has 0 spiro atoms. The first-order chi connectivity index (χ1) is 8.28. The van der Waals surface area contributed by atoms with Gasteiger partial charge in [0.05, 0.1) is 0 Å². The van der Waals surface area contributed by atoms with Crippen molar-refractivity contribution in [1.82, 2.24) is 5.32 Å². The molecule has 0 aliphatic rings. The highest BCUT2D eigenvalue weighted by atomic mass is 19.3. The Morgan fingerprint density at radius 3 is 2.61 bits per heavy atom. The van der Waals surface area contributed by atoms with E-state index >= 15 is 0 Å². The second-order valence-electron chi connectivity index (χ2n) is 5.30. The summed E-state index contributed by atoms with van der Waals surface area (Å²) in [4.78, 5) is 0. The summed E-state index contributed by atoms with van der Waals surface area (Å²) < 4.78 is 34.1. The summed E-state index contributed by atoms with van der Waals surface area (Å²) >= 11 is 0. The van der Waals surface area contributed by atoms with Crippen LogP contribution in [0, 0.1) is 6.92 Å². The second-order valence-corrected chi connectivity index (χ2v) is 5.30. The minimum atomic E-state index is -2.44. The molecule has 1 N–H and O–H groups in total. The van der Waals surface area contributed by atoms with Crippen LogP contribution in [0.4, 0.5) is 8.78 Å². The number of aryl methyl sites for hydroxylation is 1. The molecule has 104 valence electrons.